The molecular formula is C19H21IO. The summed E-state index contributed by atoms with van der Waals surface area (Å²) in [6.07, 6.45) is 6.92. The number of halogens is 1. The van der Waals surface area contributed by atoms with E-state index in [9.17, 15) is 5.11 Å². The SMILES string of the molecule is CCc1ccccc1C=C(C#CCCCCC#CI)CO. The summed E-state index contributed by atoms with van der Waals surface area (Å²) in [5, 5.41) is 9.43. The highest BCUT2D eigenvalue weighted by atomic mass is 127. The summed E-state index contributed by atoms with van der Waals surface area (Å²) in [5.74, 6) is 9.27. The van der Waals surface area contributed by atoms with Crippen molar-refractivity contribution >= 4 is 28.7 Å². The maximum atomic E-state index is 9.43. The van der Waals surface area contributed by atoms with Gasteiger partial charge in [0.25, 0.3) is 0 Å². The summed E-state index contributed by atoms with van der Waals surface area (Å²) in [6.45, 7) is 2.13. The van der Waals surface area contributed by atoms with Crippen LogP contribution in [0.4, 0.5) is 0 Å². The van der Waals surface area contributed by atoms with E-state index in [0.29, 0.717) is 0 Å². The van der Waals surface area contributed by atoms with Crippen LogP contribution in [0.1, 0.15) is 43.7 Å². The van der Waals surface area contributed by atoms with Gasteiger partial charge in [-0.1, -0.05) is 49.0 Å². The molecular weight excluding hydrogens is 371 g/mol. The minimum Gasteiger partial charge on any atom is -0.391 e. The lowest BCUT2D eigenvalue weighted by molar-refractivity contribution is 0.337. The van der Waals surface area contributed by atoms with E-state index in [-0.39, 0.29) is 6.61 Å². The van der Waals surface area contributed by atoms with E-state index in [1.165, 1.54) is 5.56 Å². The molecule has 0 fully saturated rings. The molecule has 1 aromatic rings. The van der Waals surface area contributed by atoms with Crippen LogP contribution < -0.4 is 0 Å². The van der Waals surface area contributed by atoms with Crippen molar-refractivity contribution in [2.45, 2.75) is 39.0 Å². The van der Waals surface area contributed by atoms with E-state index < -0.39 is 0 Å². The molecule has 0 aliphatic heterocycles. The molecule has 110 valence electrons. The van der Waals surface area contributed by atoms with Gasteiger partial charge in [0.05, 0.1) is 6.61 Å². The molecule has 0 aromatic heterocycles. The molecule has 0 heterocycles. The molecule has 1 aromatic carbocycles. The van der Waals surface area contributed by atoms with Gasteiger partial charge in [-0.25, -0.2) is 0 Å². The maximum Gasteiger partial charge on any atom is 0.0760 e. The standard InChI is InChI=1S/C19H21IO/c1-2-18-12-8-9-13-19(18)15-17(16-21)11-7-5-3-4-6-10-14-20/h8-9,12-13,15,21H,2-6,16H2,1H3. The van der Waals surface area contributed by atoms with E-state index >= 15 is 0 Å². The van der Waals surface area contributed by atoms with Crippen molar-refractivity contribution in [3.63, 3.8) is 0 Å². The van der Waals surface area contributed by atoms with E-state index in [0.717, 1.165) is 43.2 Å². The molecule has 0 bridgehead atoms. The Morgan fingerprint density at radius 3 is 2.57 bits per heavy atom. The zero-order valence-electron chi connectivity index (χ0n) is 12.5. The molecule has 1 N–H and O–H groups in total. The average molecular weight is 392 g/mol. The molecule has 0 amide bonds. The molecule has 1 nitrogen and oxygen atoms in total. The van der Waals surface area contributed by atoms with Crippen molar-refractivity contribution in [3.05, 3.63) is 41.0 Å². The van der Waals surface area contributed by atoms with E-state index in [1.807, 2.05) is 18.2 Å². The fourth-order valence-electron chi connectivity index (χ4n) is 1.96. The van der Waals surface area contributed by atoms with E-state index in [2.05, 4.69) is 63.3 Å². The van der Waals surface area contributed by atoms with E-state index in [1.54, 1.807) is 0 Å². The van der Waals surface area contributed by atoms with Crippen molar-refractivity contribution in [2.24, 2.45) is 0 Å². The van der Waals surface area contributed by atoms with Gasteiger partial charge in [0.1, 0.15) is 0 Å². The number of aliphatic hydroxyl groups excluding tert-OH is 1. The number of rotatable bonds is 6. The van der Waals surface area contributed by atoms with Crippen LogP contribution in [0.15, 0.2) is 29.8 Å². The third kappa shape index (κ3) is 7.37. The van der Waals surface area contributed by atoms with Crippen LogP contribution in [0.2, 0.25) is 0 Å². The van der Waals surface area contributed by atoms with Gasteiger partial charge in [0, 0.05) is 41.0 Å². The second-order valence-electron chi connectivity index (χ2n) is 4.66. The number of aryl methyl sites for hydroxylation is 1. The van der Waals surface area contributed by atoms with Crippen LogP contribution in [0.3, 0.4) is 0 Å². The first-order valence-corrected chi connectivity index (χ1v) is 8.36. The normalized spacial score (nSPS) is 10.3. The molecule has 21 heavy (non-hydrogen) atoms. The first-order valence-electron chi connectivity index (χ1n) is 7.28. The Morgan fingerprint density at radius 2 is 1.90 bits per heavy atom. The summed E-state index contributed by atoms with van der Waals surface area (Å²) >= 11 is 2.06. The number of hydrogen-bond donors (Lipinski definition) is 1. The molecule has 0 unspecified atom stereocenters. The predicted octanol–water partition coefficient (Wildman–Crippen LogP) is 4.58. The highest BCUT2D eigenvalue weighted by molar-refractivity contribution is 14.1. The Hall–Kier alpha value is -1.23. The molecule has 0 saturated carbocycles. The summed E-state index contributed by atoms with van der Waals surface area (Å²) in [4.78, 5) is 0. The molecule has 1 rings (SSSR count). The van der Waals surface area contributed by atoms with Gasteiger partial charge in [-0.2, -0.15) is 0 Å². The van der Waals surface area contributed by atoms with Gasteiger partial charge < -0.3 is 5.11 Å². The minimum atomic E-state index is -0.00857. The Morgan fingerprint density at radius 1 is 1.19 bits per heavy atom. The van der Waals surface area contributed by atoms with Crippen LogP contribution in [-0.2, 0) is 6.42 Å². The third-order valence-corrected chi connectivity index (χ3v) is 3.49. The number of benzene rings is 1. The lowest BCUT2D eigenvalue weighted by Gasteiger charge is -2.03. The molecule has 0 saturated heterocycles. The first kappa shape index (κ1) is 17.8. The van der Waals surface area contributed by atoms with Gasteiger partial charge in [0.2, 0.25) is 0 Å². The van der Waals surface area contributed by atoms with Crippen LogP contribution in [0.25, 0.3) is 6.08 Å². The average Bonchev–Trinajstić information content (AvgIpc) is 2.53. The van der Waals surface area contributed by atoms with Crippen molar-refractivity contribution < 1.29 is 5.11 Å². The molecule has 0 aliphatic rings. The van der Waals surface area contributed by atoms with Gasteiger partial charge in [-0.15, -0.1) is 0 Å². The molecule has 0 aliphatic carbocycles. The molecule has 0 radical (unpaired) electrons. The molecule has 2 heteroatoms. The first-order chi connectivity index (χ1) is 10.3. The zero-order chi connectivity index (χ0) is 15.3. The Kier molecular flexibility index (Phi) is 9.70. The van der Waals surface area contributed by atoms with Crippen LogP contribution in [-0.4, -0.2) is 11.7 Å². The summed E-state index contributed by atoms with van der Waals surface area (Å²) in [7, 11) is 0. The fourth-order valence-corrected chi connectivity index (χ4v) is 2.23. The van der Waals surface area contributed by atoms with Gasteiger partial charge in [-0.3, -0.25) is 0 Å². The Bertz CT molecular complexity index is 579. The van der Waals surface area contributed by atoms with Crippen molar-refractivity contribution in [3.8, 4) is 21.7 Å². The zero-order valence-corrected chi connectivity index (χ0v) is 14.6. The highest BCUT2D eigenvalue weighted by Crippen LogP contribution is 2.13. The molecule has 0 spiro atoms. The number of aliphatic hydroxyl groups is 1. The third-order valence-electron chi connectivity index (χ3n) is 3.11. The Balaban J connectivity index is 2.61. The monoisotopic (exact) mass is 392 g/mol. The Labute approximate surface area is 142 Å². The number of hydrogen-bond acceptors (Lipinski definition) is 1. The van der Waals surface area contributed by atoms with Crippen molar-refractivity contribution in [2.75, 3.05) is 6.61 Å². The maximum absolute atomic E-state index is 9.43. The van der Waals surface area contributed by atoms with Gasteiger partial charge in [0.15, 0.2) is 0 Å². The lowest BCUT2D eigenvalue weighted by Crippen LogP contribution is -1.90. The van der Waals surface area contributed by atoms with E-state index in [4.69, 9.17) is 0 Å². The fraction of sp³-hybridized carbons (Fsp3) is 0.368. The van der Waals surface area contributed by atoms with Crippen molar-refractivity contribution in [1.29, 1.82) is 0 Å². The summed E-state index contributed by atoms with van der Waals surface area (Å²) in [5.41, 5.74) is 3.21. The van der Waals surface area contributed by atoms with Crippen LogP contribution >= 0.6 is 22.6 Å². The summed E-state index contributed by atoms with van der Waals surface area (Å²) in [6, 6.07) is 8.24. The molecule has 0 atom stereocenters. The highest BCUT2D eigenvalue weighted by Gasteiger charge is 1.98. The van der Waals surface area contributed by atoms with Gasteiger partial charge in [-0.05, 0) is 40.4 Å². The lowest BCUT2D eigenvalue weighted by atomic mass is 10.0. The smallest absolute Gasteiger partial charge is 0.0760 e. The second-order valence-corrected chi connectivity index (χ2v) is 5.20. The quantitative estimate of drug-likeness (QED) is 0.427. The largest absolute Gasteiger partial charge is 0.391 e. The van der Waals surface area contributed by atoms with Gasteiger partial charge >= 0.3 is 0 Å². The van der Waals surface area contributed by atoms with Crippen LogP contribution in [0.5, 0.6) is 0 Å². The predicted molar refractivity (Wildman–Crippen MR) is 98.9 cm³/mol. The van der Waals surface area contributed by atoms with Crippen molar-refractivity contribution in [1.82, 2.24) is 0 Å². The van der Waals surface area contributed by atoms with Crippen LogP contribution in [0, 0.1) is 21.7 Å². The number of unbranched alkanes of at least 4 members (excludes halogenated alkanes) is 3. The summed E-state index contributed by atoms with van der Waals surface area (Å²) < 4.78 is 2.87. The second kappa shape index (κ2) is 11.4. The topological polar surface area (TPSA) is 20.2 Å². The minimum absolute atomic E-state index is 0.00857.